The number of ether oxygens (including phenoxy) is 2. The van der Waals surface area contributed by atoms with Gasteiger partial charge in [0.1, 0.15) is 5.71 Å². The zero-order valence-electron chi connectivity index (χ0n) is 16.8. The molecule has 29 heavy (non-hydrogen) atoms. The van der Waals surface area contributed by atoms with Crippen LogP contribution in [0.4, 0.5) is 5.69 Å². The first kappa shape index (κ1) is 20.4. The Kier molecular flexibility index (Phi) is 6.49. The summed E-state index contributed by atoms with van der Waals surface area (Å²) in [5, 5.41) is 8.54. The summed E-state index contributed by atoms with van der Waals surface area (Å²) < 4.78 is 10.9. The van der Waals surface area contributed by atoms with Gasteiger partial charge in [0.2, 0.25) is 5.91 Å². The molecular formula is C22H25N3O4. The van der Waals surface area contributed by atoms with E-state index >= 15 is 0 Å². The van der Waals surface area contributed by atoms with Crippen LogP contribution in [0.1, 0.15) is 38.3 Å². The van der Waals surface area contributed by atoms with Crippen LogP contribution in [0.3, 0.4) is 0 Å². The van der Waals surface area contributed by atoms with Crippen molar-refractivity contribution in [3.8, 4) is 11.5 Å². The summed E-state index contributed by atoms with van der Waals surface area (Å²) in [6, 6.07) is 14.4. The molecule has 2 aromatic carbocycles. The second-order valence-electron chi connectivity index (χ2n) is 6.63. The van der Waals surface area contributed by atoms with E-state index in [4.69, 9.17) is 9.47 Å². The second kappa shape index (κ2) is 9.23. The summed E-state index contributed by atoms with van der Waals surface area (Å²) in [5.41, 5.74) is 1.86. The molecule has 0 spiro atoms. The maximum absolute atomic E-state index is 12.8. The highest BCUT2D eigenvalue weighted by Gasteiger charge is 2.26. The number of carbonyl (C=O) groups is 2. The van der Waals surface area contributed by atoms with Crippen LogP contribution < -0.4 is 19.8 Å². The number of nitrogens with zero attached hydrogens (tertiary/aromatic N) is 2. The molecule has 7 nitrogen and oxygen atoms in total. The van der Waals surface area contributed by atoms with E-state index in [1.807, 2.05) is 50.2 Å². The lowest BCUT2D eigenvalue weighted by Crippen LogP contribution is -2.39. The van der Waals surface area contributed by atoms with E-state index in [0.29, 0.717) is 35.9 Å². The topological polar surface area (TPSA) is 80.2 Å². The summed E-state index contributed by atoms with van der Waals surface area (Å²) in [4.78, 5) is 25.0. The van der Waals surface area contributed by atoms with E-state index in [2.05, 4.69) is 10.4 Å². The number of anilines is 1. The van der Waals surface area contributed by atoms with Gasteiger partial charge in [0.25, 0.3) is 5.91 Å². The van der Waals surface area contributed by atoms with Crippen LogP contribution in [-0.4, -0.2) is 31.2 Å². The van der Waals surface area contributed by atoms with Gasteiger partial charge in [-0.2, -0.15) is 5.10 Å². The van der Waals surface area contributed by atoms with Crippen molar-refractivity contribution in [2.24, 2.45) is 5.10 Å². The summed E-state index contributed by atoms with van der Waals surface area (Å²) in [7, 11) is 1.58. The Morgan fingerprint density at radius 2 is 1.93 bits per heavy atom. The monoisotopic (exact) mass is 395 g/mol. The molecule has 1 N–H and O–H groups in total. The normalized spacial score (nSPS) is 14.8. The van der Waals surface area contributed by atoms with E-state index in [9.17, 15) is 9.59 Å². The molecule has 0 aromatic heterocycles. The molecular weight excluding hydrogens is 370 g/mol. The minimum atomic E-state index is -0.293. The van der Waals surface area contributed by atoms with Crippen molar-refractivity contribution in [3.63, 3.8) is 0 Å². The number of carbonyl (C=O) groups excluding carboxylic acids is 2. The largest absolute Gasteiger partial charge is 0.493 e. The molecule has 2 aromatic rings. The Labute approximate surface area is 170 Å². The Bertz CT molecular complexity index is 912. The van der Waals surface area contributed by atoms with Crippen molar-refractivity contribution in [3.05, 3.63) is 54.1 Å². The van der Waals surface area contributed by atoms with Gasteiger partial charge >= 0.3 is 0 Å². The van der Waals surface area contributed by atoms with Gasteiger partial charge in [-0.15, -0.1) is 0 Å². The van der Waals surface area contributed by atoms with Gasteiger partial charge in [0.05, 0.1) is 25.4 Å². The van der Waals surface area contributed by atoms with Gasteiger partial charge in [0.15, 0.2) is 11.5 Å². The molecule has 1 atom stereocenters. The maximum atomic E-state index is 12.8. The molecule has 0 radical (unpaired) electrons. The lowest BCUT2D eigenvalue weighted by Gasteiger charge is -2.24. The van der Waals surface area contributed by atoms with Crippen molar-refractivity contribution in [1.82, 2.24) is 5.32 Å². The van der Waals surface area contributed by atoms with Crippen LogP contribution in [0.5, 0.6) is 11.5 Å². The number of rotatable bonds is 7. The Hall–Kier alpha value is -3.35. The highest BCUT2D eigenvalue weighted by atomic mass is 16.5. The molecule has 3 rings (SSSR count). The minimum absolute atomic E-state index is 0.128. The van der Waals surface area contributed by atoms with Crippen LogP contribution in [-0.2, 0) is 9.59 Å². The highest BCUT2D eigenvalue weighted by Crippen LogP contribution is 2.30. The molecule has 7 heteroatoms. The molecule has 0 saturated heterocycles. The van der Waals surface area contributed by atoms with Crippen LogP contribution in [0.15, 0.2) is 53.6 Å². The first-order valence-corrected chi connectivity index (χ1v) is 9.60. The number of hydrazone groups is 1. The fourth-order valence-electron chi connectivity index (χ4n) is 3.08. The molecule has 0 bridgehead atoms. The summed E-state index contributed by atoms with van der Waals surface area (Å²) in [6.45, 7) is 4.33. The van der Waals surface area contributed by atoms with Gasteiger partial charge in [-0.25, -0.2) is 5.01 Å². The van der Waals surface area contributed by atoms with Gasteiger partial charge < -0.3 is 14.8 Å². The van der Waals surface area contributed by atoms with E-state index < -0.39 is 0 Å². The third kappa shape index (κ3) is 4.74. The van der Waals surface area contributed by atoms with Crippen molar-refractivity contribution in [2.45, 2.75) is 32.7 Å². The predicted octanol–water partition coefficient (Wildman–Crippen LogP) is 3.45. The van der Waals surface area contributed by atoms with Crippen LogP contribution in [0.2, 0.25) is 0 Å². The van der Waals surface area contributed by atoms with Crippen molar-refractivity contribution >= 4 is 23.2 Å². The average molecular weight is 395 g/mol. The number of hydrogen-bond donors (Lipinski definition) is 1. The number of para-hydroxylation sites is 1. The first-order valence-electron chi connectivity index (χ1n) is 9.60. The van der Waals surface area contributed by atoms with Crippen molar-refractivity contribution < 1.29 is 19.1 Å². The number of methoxy groups -OCH3 is 1. The highest BCUT2D eigenvalue weighted by molar-refractivity contribution is 6.40. The smallest absolute Gasteiger partial charge is 0.267 e. The van der Waals surface area contributed by atoms with Gasteiger partial charge in [-0.3, -0.25) is 9.59 Å². The minimum Gasteiger partial charge on any atom is -0.493 e. The van der Waals surface area contributed by atoms with E-state index in [1.165, 1.54) is 5.01 Å². The molecule has 1 aliphatic rings. The van der Waals surface area contributed by atoms with E-state index in [-0.39, 0.29) is 24.3 Å². The van der Waals surface area contributed by atoms with Crippen LogP contribution in [0, 0.1) is 0 Å². The maximum Gasteiger partial charge on any atom is 0.267 e. The lowest BCUT2D eigenvalue weighted by atomic mass is 10.1. The van der Waals surface area contributed by atoms with Gasteiger partial charge in [-0.1, -0.05) is 24.3 Å². The van der Waals surface area contributed by atoms with Crippen molar-refractivity contribution in [1.29, 1.82) is 0 Å². The molecule has 152 valence electrons. The SMILES string of the molecule is CCOc1ccc(C(C)NC(=O)C2=NN(c3ccccc3)C(=O)CC2)cc1OC. The molecule has 0 saturated carbocycles. The Balaban J connectivity index is 1.74. The summed E-state index contributed by atoms with van der Waals surface area (Å²) >= 11 is 0. The molecule has 2 amide bonds. The zero-order chi connectivity index (χ0) is 20.8. The third-order valence-corrected chi connectivity index (χ3v) is 4.63. The number of nitrogens with one attached hydrogen (secondary N) is 1. The van der Waals surface area contributed by atoms with Crippen LogP contribution >= 0.6 is 0 Å². The predicted molar refractivity (Wildman–Crippen MR) is 111 cm³/mol. The second-order valence-corrected chi connectivity index (χ2v) is 6.63. The van der Waals surface area contributed by atoms with Crippen molar-refractivity contribution in [2.75, 3.05) is 18.7 Å². The summed E-state index contributed by atoms with van der Waals surface area (Å²) in [6.07, 6.45) is 0.555. The van der Waals surface area contributed by atoms with Crippen LogP contribution in [0.25, 0.3) is 0 Å². The van der Waals surface area contributed by atoms with Gasteiger partial charge in [0, 0.05) is 12.8 Å². The molecule has 1 aliphatic heterocycles. The van der Waals surface area contributed by atoms with E-state index in [0.717, 1.165) is 5.56 Å². The lowest BCUT2D eigenvalue weighted by molar-refractivity contribution is -0.119. The average Bonchev–Trinajstić information content (AvgIpc) is 2.75. The molecule has 0 aliphatic carbocycles. The molecule has 1 unspecified atom stereocenters. The third-order valence-electron chi connectivity index (χ3n) is 4.63. The molecule has 1 heterocycles. The first-order chi connectivity index (χ1) is 14.0. The fourth-order valence-corrected chi connectivity index (χ4v) is 3.08. The zero-order valence-corrected chi connectivity index (χ0v) is 16.8. The number of hydrogen-bond acceptors (Lipinski definition) is 5. The number of benzene rings is 2. The quantitative estimate of drug-likeness (QED) is 0.779. The standard InChI is InChI=1S/C22H25N3O4/c1-4-29-19-12-10-16(14-20(19)28-3)15(2)23-22(27)18-11-13-21(26)25(24-18)17-8-6-5-7-9-17/h5-10,12,14-15H,4,11,13H2,1-3H3,(H,23,27). The number of amides is 2. The molecule has 0 fully saturated rings. The van der Waals surface area contributed by atoms with E-state index in [1.54, 1.807) is 19.2 Å². The fraction of sp³-hybridized carbons (Fsp3) is 0.318. The summed E-state index contributed by atoms with van der Waals surface area (Å²) in [5.74, 6) is 0.850. The van der Waals surface area contributed by atoms with Gasteiger partial charge in [-0.05, 0) is 43.7 Å². The Morgan fingerprint density at radius 3 is 2.62 bits per heavy atom. The Morgan fingerprint density at radius 1 is 1.17 bits per heavy atom.